The van der Waals surface area contributed by atoms with Crippen molar-refractivity contribution in [2.75, 3.05) is 45.2 Å². The number of hydrogen-bond acceptors (Lipinski definition) is 7. The molecule has 4 amide bonds. The van der Waals surface area contributed by atoms with Gasteiger partial charge >= 0.3 is 0 Å². The van der Waals surface area contributed by atoms with Crippen LogP contribution in [-0.4, -0.2) is 98.2 Å². The van der Waals surface area contributed by atoms with Crippen molar-refractivity contribution in [2.24, 2.45) is 0 Å². The van der Waals surface area contributed by atoms with E-state index in [2.05, 4.69) is 20.3 Å². The maximum Gasteiger partial charge on any atom is 0.269 e. The Labute approximate surface area is 361 Å². The Balaban J connectivity index is 0.994. The lowest BCUT2D eigenvalue weighted by Gasteiger charge is -2.34. The molecule has 0 saturated carbocycles. The fourth-order valence-corrected chi connectivity index (χ4v) is 9.58. The van der Waals surface area contributed by atoms with Crippen molar-refractivity contribution >= 4 is 68.3 Å². The van der Waals surface area contributed by atoms with Crippen LogP contribution < -0.4 is 10.2 Å². The first-order valence-corrected chi connectivity index (χ1v) is 21.3. The number of H-pyrrole nitrogens is 1. The number of piperidine rings is 2. The minimum Gasteiger partial charge on any atom is -0.371 e. The molecule has 3 aromatic heterocycles. The summed E-state index contributed by atoms with van der Waals surface area (Å²) in [7, 11) is 3.21. The van der Waals surface area contributed by atoms with Crippen LogP contribution in [0.2, 0.25) is 5.02 Å². The van der Waals surface area contributed by atoms with Crippen molar-refractivity contribution in [3.8, 4) is 11.1 Å². The number of carbonyl (C=O) groups is 4. The first kappa shape index (κ1) is 41.0. The number of hydrogen-bond donors (Lipinski definition) is 2. The highest BCUT2D eigenvalue weighted by Gasteiger charge is 2.33. The molecule has 3 aromatic carbocycles. The number of nitrogens with zero attached hydrogens (tertiary/aromatic N) is 7. The molecule has 13 nitrogen and oxygen atoms in total. The van der Waals surface area contributed by atoms with Gasteiger partial charge in [0.1, 0.15) is 17.6 Å². The molecule has 0 spiro atoms. The molecule has 16 heteroatoms. The number of anilines is 1. The van der Waals surface area contributed by atoms with Gasteiger partial charge in [0.15, 0.2) is 5.82 Å². The Kier molecular flexibility index (Phi) is 10.9. The molecule has 0 aliphatic carbocycles. The number of carbonyl (C=O) groups excluding carboxylic acids is 4. The third kappa shape index (κ3) is 7.52. The van der Waals surface area contributed by atoms with Crippen molar-refractivity contribution in [3.63, 3.8) is 0 Å². The van der Waals surface area contributed by atoms with Crippen LogP contribution in [-0.2, 0) is 20.9 Å². The highest BCUT2D eigenvalue weighted by atomic mass is 35.5. The molecule has 2 N–H and O–H groups in total. The first-order chi connectivity index (χ1) is 29.9. The lowest BCUT2D eigenvalue weighted by atomic mass is 9.87. The zero-order valence-corrected chi connectivity index (χ0v) is 35.4. The SMILES string of the molecule is Cc1nn(C2CCC(=O)NC2=O)c2cccc(N3CCC(c4cc(Cl)c(-c5cc(C6=CCCN(C(=O)CCn7cccn7)C6)c(F)c6[nH]c(C(=O)N(C)C)cc56)cc4F)CC3)c12. The van der Waals surface area contributed by atoms with Crippen LogP contribution in [0.5, 0.6) is 0 Å². The van der Waals surface area contributed by atoms with Crippen molar-refractivity contribution in [3.05, 3.63) is 106 Å². The summed E-state index contributed by atoms with van der Waals surface area (Å²) in [6, 6.07) is 13.5. The maximum absolute atomic E-state index is 16.7. The van der Waals surface area contributed by atoms with Crippen LogP contribution in [0.3, 0.4) is 0 Å². The number of rotatable bonds is 9. The van der Waals surface area contributed by atoms with Crippen LogP contribution in [0, 0.1) is 18.6 Å². The molecule has 1 atom stereocenters. The number of aromatic amines is 1. The third-order valence-electron chi connectivity index (χ3n) is 12.5. The molecule has 320 valence electrons. The molecule has 6 heterocycles. The van der Waals surface area contributed by atoms with Gasteiger partial charge in [-0.05, 0) is 97.7 Å². The lowest BCUT2D eigenvalue weighted by molar-refractivity contribution is -0.136. The van der Waals surface area contributed by atoms with E-state index in [4.69, 9.17) is 16.7 Å². The average molecular weight is 862 g/mol. The fraction of sp³-hybridized carbons (Fsp3) is 0.348. The van der Waals surface area contributed by atoms with Gasteiger partial charge in [0.05, 0.1) is 16.7 Å². The lowest BCUT2D eigenvalue weighted by Crippen LogP contribution is -2.42. The molecule has 0 radical (unpaired) electrons. The van der Waals surface area contributed by atoms with E-state index in [0.717, 1.165) is 22.3 Å². The van der Waals surface area contributed by atoms with Crippen molar-refractivity contribution in [1.29, 1.82) is 0 Å². The van der Waals surface area contributed by atoms with Gasteiger partial charge in [0.25, 0.3) is 11.8 Å². The molecule has 9 rings (SSSR count). The van der Waals surface area contributed by atoms with E-state index in [1.54, 1.807) is 65.0 Å². The normalized spacial score (nSPS) is 17.5. The van der Waals surface area contributed by atoms with E-state index in [9.17, 15) is 19.2 Å². The van der Waals surface area contributed by atoms with E-state index < -0.39 is 17.7 Å². The number of nitrogens with one attached hydrogen (secondary N) is 2. The monoisotopic (exact) mass is 861 g/mol. The molecule has 2 fully saturated rings. The summed E-state index contributed by atoms with van der Waals surface area (Å²) in [6.07, 6.45) is 8.06. The second-order valence-electron chi connectivity index (χ2n) is 16.6. The Bertz CT molecular complexity index is 2800. The summed E-state index contributed by atoms with van der Waals surface area (Å²) < 4.78 is 36.7. The Morgan fingerprint density at radius 3 is 2.53 bits per heavy atom. The largest absolute Gasteiger partial charge is 0.371 e. The van der Waals surface area contributed by atoms with Crippen molar-refractivity contribution < 1.29 is 28.0 Å². The minimum absolute atomic E-state index is 0.0776. The Morgan fingerprint density at radius 1 is 0.984 bits per heavy atom. The Morgan fingerprint density at radius 2 is 1.79 bits per heavy atom. The molecular weight excluding hydrogens is 816 g/mol. The number of imide groups is 1. The van der Waals surface area contributed by atoms with Gasteiger partial charge in [-0.25, -0.2) is 8.78 Å². The van der Waals surface area contributed by atoms with Crippen molar-refractivity contribution in [1.82, 2.24) is 39.7 Å². The Hall–Kier alpha value is -6.35. The second-order valence-corrected chi connectivity index (χ2v) is 17.0. The highest BCUT2D eigenvalue weighted by Crippen LogP contribution is 2.43. The topological polar surface area (TPSA) is 141 Å². The smallest absolute Gasteiger partial charge is 0.269 e. The number of aryl methyl sites for hydroxylation is 2. The first-order valence-electron chi connectivity index (χ1n) is 20.9. The van der Waals surface area contributed by atoms with Gasteiger partial charge in [0.2, 0.25) is 11.8 Å². The van der Waals surface area contributed by atoms with E-state index in [1.165, 1.54) is 11.0 Å². The van der Waals surface area contributed by atoms with E-state index >= 15 is 8.78 Å². The maximum atomic E-state index is 16.7. The number of amides is 4. The molecule has 62 heavy (non-hydrogen) atoms. The van der Waals surface area contributed by atoms with Crippen LogP contribution in [0.15, 0.2) is 67.0 Å². The fourth-order valence-electron chi connectivity index (χ4n) is 9.31. The predicted octanol–water partition coefficient (Wildman–Crippen LogP) is 7.39. The summed E-state index contributed by atoms with van der Waals surface area (Å²) in [5.41, 5.74) is 4.99. The zero-order valence-electron chi connectivity index (χ0n) is 34.7. The molecule has 1 unspecified atom stereocenters. The van der Waals surface area contributed by atoms with Gasteiger partial charge in [-0.3, -0.25) is 33.9 Å². The number of fused-ring (bicyclic) bond motifs is 2. The number of benzene rings is 3. The van der Waals surface area contributed by atoms with Gasteiger partial charge in [-0.15, -0.1) is 0 Å². The molecule has 3 aliphatic rings. The van der Waals surface area contributed by atoms with Gasteiger partial charge in [-0.2, -0.15) is 10.2 Å². The summed E-state index contributed by atoms with van der Waals surface area (Å²) in [6.45, 7) is 4.28. The average Bonchev–Trinajstić information content (AvgIpc) is 4.04. The van der Waals surface area contributed by atoms with Gasteiger partial charge < -0.3 is 19.7 Å². The summed E-state index contributed by atoms with van der Waals surface area (Å²) in [5.74, 6) is -2.21. The van der Waals surface area contributed by atoms with E-state index in [0.29, 0.717) is 84.5 Å². The minimum atomic E-state index is -0.577. The highest BCUT2D eigenvalue weighted by molar-refractivity contribution is 6.34. The predicted molar refractivity (Wildman–Crippen MR) is 233 cm³/mol. The number of halogens is 3. The summed E-state index contributed by atoms with van der Waals surface area (Å²) in [4.78, 5) is 59.4. The van der Waals surface area contributed by atoms with Crippen LogP contribution >= 0.6 is 11.6 Å². The molecular formula is C46H46ClF2N9O4. The summed E-state index contributed by atoms with van der Waals surface area (Å²) >= 11 is 7.10. The van der Waals surface area contributed by atoms with Gasteiger partial charge in [0, 0.05) is 105 Å². The molecule has 6 aromatic rings. The second kappa shape index (κ2) is 16.5. The molecule has 3 aliphatic heterocycles. The number of aromatic nitrogens is 5. The molecule has 2 saturated heterocycles. The quantitative estimate of drug-likeness (QED) is 0.145. The molecule has 0 bridgehead atoms. The standard InChI is InChI=1S/C46H46ClF2N9O4/c1-26-42-37(8-4-9-38(42)58(53-26)39-10-11-40(59)52-45(39)61)55-18-12-27(13-19-55)29-22-34(47)32(23-35(29)48)31-21-30(43(49)44-33(31)24-36(51-44)46(62)54(2)3)28-7-5-16-56(25-28)41(60)14-20-57-17-6-15-50-57/h4,6-9,15,17,21-24,27,39,51H,5,10-14,16,18-20,25H2,1-3H3,(H,52,59,61). The van der Waals surface area contributed by atoms with Crippen LogP contribution in [0.4, 0.5) is 14.5 Å². The van der Waals surface area contributed by atoms with Crippen LogP contribution in [0.25, 0.3) is 38.5 Å². The van der Waals surface area contributed by atoms with Crippen LogP contribution in [0.1, 0.15) is 77.8 Å². The van der Waals surface area contributed by atoms with Gasteiger partial charge in [-0.1, -0.05) is 23.7 Å². The van der Waals surface area contributed by atoms with Crippen molar-refractivity contribution in [2.45, 2.75) is 64.0 Å². The zero-order chi connectivity index (χ0) is 43.4. The summed E-state index contributed by atoms with van der Waals surface area (Å²) in [5, 5.41) is 13.0. The van der Waals surface area contributed by atoms with E-state index in [1.807, 2.05) is 31.2 Å². The van der Waals surface area contributed by atoms with E-state index in [-0.39, 0.29) is 65.7 Å². The third-order valence-corrected chi connectivity index (χ3v) is 12.8.